The second kappa shape index (κ2) is 12.2. The second-order valence-corrected chi connectivity index (χ2v) is 7.47. The summed E-state index contributed by atoms with van der Waals surface area (Å²) in [4.78, 5) is 20.8. The third kappa shape index (κ3) is 7.37. The molecule has 1 saturated heterocycles. The highest BCUT2D eigenvalue weighted by atomic mass is 16.2. The Bertz CT molecular complexity index is 656. The minimum Gasteiger partial charge on any atom is -0.357 e. The molecular formula is C23H36N4O. The number of carbonyl (C=O) groups excluding carboxylic acids is 1. The van der Waals surface area contributed by atoms with Crippen molar-refractivity contribution >= 4 is 11.9 Å². The first-order valence-electron chi connectivity index (χ1n) is 10.6. The maximum atomic E-state index is 11.9. The summed E-state index contributed by atoms with van der Waals surface area (Å²) in [5.74, 6) is 1.22. The van der Waals surface area contributed by atoms with Gasteiger partial charge in [0.1, 0.15) is 0 Å². The van der Waals surface area contributed by atoms with E-state index in [-0.39, 0.29) is 5.91 Å². The number of benzene rings is 1. The zero-order valence-corrected chi connectivity index (χ0v) is 17.6. The van der Waals surface area contributed by atoms with Crippen LogP contribution < -0.4 is 5.32 Å². The van der Waals surface area contributed by atoms with Crippen LogP contribution in [0, 0.1) is 0 Å². The molecule has 5 heteroatoms. The van der Waals surface area contributed by atoms with Crippen LogP contribution >= 0.6 is 0 Å². The fourth-order valence-electron chi connectivity index (χ4n) is 3.47. The van der Waals surface area contributed by atoms with E-state index in [2.05, 4.69) is 55.0 Å². The van der Waals surface area contributed by atoms with Gasteiger partial charge in [-0.15, -0.1) is 6.58 Å². The highest BCUT2D eigenvalue weighted by Crippen LogP contribution is 2.15. The number of aliphatic imine (C=N–C) groups is 1. The molecule has 1 aromatic carbocycles. The molecule has 0 bridgehead atoms. The summed E-state index contributed by atoms with van der Waals surface area (Å²) in [6.45, 7) is 9.97. The summed E-state index contributed by atoms with van der Waals surface area (Å²) >= 11 is 0. The Kier molecular flexibility index (Phi) is 9.60. The van der Waals surface area contributed by atoms with Crippen LogP contribution in [-0.2, 0) is 17.9 Å². The maximum absolute atomic E-state index is 11.9. The average Bonchev–Trinajstić information content (AvgIpc) is 3.09. The van der Waals surface area contributed by atoms with Crippen LogP contribution in [0.2, 0.25) is 0 Å². The van der Waals surface area contributed by atoms with E-state index < -0.39 is 0 Å². The number of nitrogens with one attached hydrogen (secondary N) is 1. The molecule has 0 unspecified atom stereocenters. The Labute approximate surface area is 170 Å². The van der Waals surface area contributed by atoms with Gasteiger partial charge in [0.15, 0.2) is 5.96 Å². The van der Waals surface area contributed by atoms with Crippen LogP contribution in [0.25, 0.3) is 0 Å². The quantitative estimate of drug-likeness (QED) is 0.272. The van der Waals surface area contributed by atoms with Gasteiger partial charge in [-0.05, 0) is 43.7 Å². The molecule has 1 heterocycles. The fraction of sp³-hybridized carbons (Fsp3) is 0.565. The first-order valence-corrected chi connectivity index (χ1v) is 10.6. The number of nitrogens with zero attached hydrogens (tertiary/aromatic N) is 3. The van der Waals surface area contributed by atoms with Crippen molar-refractivity contribution in [3.05, 3.63) is 48.0 Å². The van der Waals surface area contributed by atoms with E-state index in [1.54, 1.807) is 0 Å². The Morgan fingerprint density at radius 1 is 1.32 bits per heavy atom. The third-order valence-electron chi connectivity index (χ3n) is 5.05. The van der Waals surface area contributed by atoms with Crippen molar-refractivity contribution in [2.75, 3.05) is 26.7 Å². The zero-order valence-electron chi connectivity index (χ0n) is 17.6. The lowest BCUT2D eigenvalue weighted by molar-refractivity contribution is -0.128. The first kappa shape index (κ1) is 22.0. The van der Waals surface area contributed by atoms with Gasteiger partial charge < -0.3 is 15.1 Å². The highest BCUT2D eigenvalue weighted by Gasteiger charge is 2.19. The summed E-state index contributed by atoms with van der Waals surface area (Å²) in [5, 5.41) is 3.39. The van der Waals surface area contributed by atoms with Crippen molar-refractivity contribution in [2.24, 2.45) is 4.99 Å². The Balaban J connectivity index is 1.91. The predicted molar refractivity (Wildman–Crippen MR) is 117 cm³/mol. The molecule has 1 aromatic rings. The van der Waals surface area contributed by atoms with Crippen molar-refractivity contribution < 1.29 is 4.79 Å². The average molecular weight is 385 g/mol. The molecular weight excluding hydrogens is 348 g/mol. The summed E-state index contributed by atoms with van der Waals surface area (Å²) in [5.41, 5.74) is 2.36. The number of carbonyl (C=O) groups is 1. The standard InChI is InChI=1S/C23H36N4O/c1-4-6-7-8-9-15-26(3)23(24-5-2)25-18-20-12-10-13-21(17-20)19-27-16-11-14-22(27)28/h4,10,12-13,17H,1,5-9,11,14-16,18-19H2,2-3H3,(H,24,25). The smallest absolute Gasteiger partial charge is 0.222 e. The van der Waals surface area contributed by atoms with Gasteiger partial charge in [-0.3, -0.25) is 4.79 Å². The Morgan fingerprint density at radius 3 is 2.86 bits per heavy atom. The van der Waals surface area contributed by atoms with Crippen LogP contribution in [0.15, 0.2) is 41.9 Å². The van der Waals surface area contributed by atoms with Gasteiger partial charge in [-0.25, -0.2) is 4.99 Å². The molecule has 5 nitrogen and oxygen atoms in total. The van der Waals surface area contributed by atoms with Crippen molar-refractivity contribution in [1.82, 2.24) is 15.1 Å². The fourth-order valence-corrected chi connectivity index (χ4v) is 3.47. The first-order chi connectivity index (χ1) is 13.6. The van der Waals surface area contributed by atoms with Crippen molar-refractivity contribution in [2.45, 2.75) is 58.5 Å². The largest absolute Gasteiger partial charge is 0.357 e. The van der Waals surface area contributed by atoms with Gasteiger partial charge in [0.2, 0.25) is 5.91 Å². The molecule has 0 aromatic heterocycles. The zero-order chi connectivity index (χ0) is 20.2. The van der Waals surface area contributed by atoms with E-state index in [9.17, 15) is 4.79 Å². The van der Waals surface area contributed by atoms with E-state index >= 15 is 0 Å². The molecule has 2 rings (SSSR count). The molecule has 0 atom stereocenters. The number of hydrogen-bond acceptors (Lipinski definition) is 2. The topological polar surface area (TPSA) is 47.9 Å². The van der Waals surface area contributed by atoms with E-state index in [0.29, 0.717) is 19.5 Å². The van der Waals surface area contributed by atoms with Crippen molar-refractivity contribution in [1.29, 1.82) is 0 Å². The summed E-state index contributed by atoms with van der Waals surface area (Å²) in [7, 11) is 2.10. The van der Waals surface area contributed by atoms with E-state index in [4.69, 9.17) is 4.99 Å². The van der Waals surface area contributed by atoms with Gasteiger partial charge in [0, 0.05) is 39.6 Å². The van der Waals surface area contributed by atoms with Gasteiger partial charge in [-0.2, -0.15) is 0 Å². The lowest BCUT2D eigenvalue weighted by Gasteiger charge is -2.22. The van der Waals surface area contributed by atoms with Crippen LogP contribution in [0.5, 0.6) is 0 Å². The van der Waals surface area contributed by atoms with E-state index in [1.807, 2.05) is 11.0 Å². The number of amides is 1. The number of likely N-dealkylation sites (tertiary alicyclic amines) is 1. The van der Waals surface area contributed by atoms with Gasteiger partial charge in [-0.1, -0.05) is 36.8 Å². The number of allylic oxidation sites excluding steroid dienone is 1. The van der Waals surface area contributed by atoms with E-state index in [0.717, 1.165) is 44.9 Å². The molecule has 1 N–H and O–H groups in total. The van der Waals surface area contributed by atoms with Crippen LogP contribution in [-0.4, -0.2) is 48.3 Å². The Morgan fingerprint density at radius 2 is 2.14 bits per heavy atom. The minimum atomic E-state index is 0.271. The van der Waals surface area contributed by atoms with E-state index in [1.165, 1.54) is 24.0 Å². The molecule has 1 amide bonds. The van der Waals surface area contributed by atoms with Crippen LogP contribution in [0.4, 0.5) is 0 Å². The molecule has 154 valence electrons. The monoisotopic (exact) mass is 384 g/mol. The molecule has 28 heavy (non-hydrogen) atoms. The molecule has 0 radical (unpaired) electrons. The molecule has 0 aliphatic carbocycles. The third-order valence-corrected chi connectivity index (χ3v) is 5.05. The van der Waals surface area contributed by atoms with Crippen LogP contribution in [0.3, 0.4) is 0 Å². The summed E-state index contributed by atoms with van der Waals surface area (Å²) in [6.07, 6.45) is 8.34. The summed E-state index contributed by atoms with van der Waals surface area (Å²) in [6, 6.07) is 8.45. The number of rotatable bonds is 11. The lowest BCUT2D eigenvalue weighted by atomic mass is 10.1. The lowest BCUT2D eigenvalue weighted by Crippen LogP contribution is -2.39. The highest BCUT2D eigenvalue weighted by molar-refractivity contribution is 5.79. The van der Waals surface area contributed by atoms with Crippen molar-refractivity contribution in [3.8, 4) is 0 Å². The summed E-state index contributed by atoms with van der Waals surface area (Å²) < 4.78 is 0. The van der Waals surface area contributed by atoms with Crippen LogP contribution in [0.1, 0.15) is 56.6 Å². The molecule has 1 aliphatic heterocycles. The molecule has 0 spiro atoms. The van der Waals surface area contributed by atoms with Gasteiger partial charge in [0.05, 0.1) is 6.54 Å². The van der Waals surface area contributed by atoms with Gasteiger partial charge >= 0.3 is 0 Å². The minimum absolute atomic E-state index is 0.271. The molecule has 0 saturated carbocycles. The number of hydrogen-bond donors (Lipinski definition) is 1. The Hall–Kier alpha value is -2.30. The normalized spacial score (nSPS) is 14.4. The second-order valence-electron chi connectivity index (χ2n) is 7.47. The maximum Gasteiger partial charge on any atom is 0.222 e. The SMILES string of the molecule is C=CCCCCCN(C)C(=NCc1cccc(CN2CCCC2=O)c1)NCC. The molecule has 1 aliphatic rings. The van der Waals surface area contributed by atoms with Crippen molar-refractivity contribution in [3.63, 3.8) is 0 Å². The number of unbranched alkanes of at least 4 members (excludes halogenated alkanes) is 3. The van der Waals surface area contributed by atoms with Gasteiger partial charge in [0.25, 0.3) is 0 Å². The predicted octanol–water partition coefficient (Wildman–Crippen LogP) is 3.95. The number of guanidine groups is 1. The molecule has 1 fully saturated rings.